The standard InChI is InChI=1S/C19H27N3O2/c1-13(2)18-17(19(24)21(5)11-10-15(4)23)12-20-22(18)16-8-6-14(3)7-9-16/h6-9,12-13,15,23H,10-11H2,1-5H3. The van der Waals surface area contributed by atoms with Crippen molar-refractivity contribution in [3.8, 4) is 5.69 Å². The minimum absolute atomic E-state index is 0.0577. The van der Waals surface area contributed by atoms with Crippen molar-refractivity contribution in [2.45, 2.75) is 46.1 Å². The number of aliphatic hydroxyl groups is 1. The Labute approximate surface area is 143 Å². The van der Waals surface area contributed by atoms with Gasteiger partial charge in [-0.2, -0.15) is 5.10 Å². The van der Waals surface area contributed by atoms with Gasteiger partial charge in [-0.3, -0.25) is 4.79 Å². The number of carbonyl (C=O) groups is 1. The van der Waals surface area contributed by atoms with Gasteiger partial charge >= 0.3 is 0 Å². The zero-order chi connectivity index (χ0) is 17.9. The molecule has 0 saturated heterocycles. The molecule has 0 aliphatic heterocycles. The van der Waals surface area contributed by atoms with Crippen molar-refractivity contribution >= 4 is 5.91 Å². The van der Waals surface area contributed by atoms with Crippen LogP contribution in [-0.2, 0) is 0 Å². The molecular formula is C19H27N3O2. The Bertz CT molecular complexity index is 687. The summed E-state index contributed by atoms with van der Waals surface area (Å²) in [6.45, 7) is 8.42. The number of hydrogen-bond donors (Lipinski definition) is 1. The van der Waals surface area contributed by atoms with E-state index in [1.807, 2.05) is 35.9 Å². The lowest BCUT2D eigenvalue weighted by molar-refractivity contribution is 0.0767. The highest BCUT2D eigenvalue weighted by Gasteiger charge is 2.23. The van der Waals surface area contributed by atoms with Gasteiger partial charge in [0.1, 0.15) is 0 Å². The molecule has 1 N–H and O–H groups in total. The summed E-state index contributed by atoms with van der Waals surface area (Å²) in [6.07, 6.45) is 1.79. The SMILES string of the molecule is Cc1ccc(-n2ncc(C(=O)N(C)CCC(C)O)c2C(C)C)cc1. The quantitative estimate of drug-likeness (QED) is 0.886. The Morgan fingerprint density at radius 2 is 1.88 bits per heavy atom. The molecule has 0 fully saturated rings. The van der Waals surface area contributed by atoms with Gasteiger partial charge in [0, 0.05) is 13.6 Å². The van der Waals surface area contributed by atoms with Gasteiger partial charge in [0.2, 0.25) is 0 Å². The van der Waals surface area contributed by atoms with E-state index < -0.39 is 6.10 Å². The number of rotatable bonds is 6. The van der Waals surface area contributed by atoms with Crippen LogP contribution < -0.4 is 0 Å². The number of amides is 1. The minimum Gasteiger partial charge on any atom is -0.393 e. The third-order valence-electron chi connectivity index (χ3n) is 4.09. The predicted octanol–water partition coefficient (Wildman–Crippen LogP) is 3.15. The molecule has 0 spiro atoms. The van der Waals surface area contributed by atoms with E-state index in [1.54, 1.807) is 25.1 Å². The number of aryl methyl sites for hydroxylation is 1. The summed E-state index contributed by atoms with van der Waals surface area (Å²) >= 11 is 0. The van der Waals surface area contributed by atoms with Gasteiger partial charge in [-0.15, -0.1) is 0 Å². The fraction of sp³-hybridized carbons (Fsp3) is 0.474. The van der Waals surface area contributed by atoms with E-state index in [2.05, 4.69) is 18.9 Å². The lowest BCUT2D eigenvalue weighted by Crippen LogP contribution is -2.30. The van der Waals surface area contributed by atoms with E-state index in [4.69, 9.17) is 0 Å². The molecule has 24 heavy (non-hydrogen) atoms. The fourth-order valence-corrected chi connectivity index (χ4v) is 2.66. The number of carbonyl (C=O) groups excluding carboxylic acids is 1. The van der Waals surface area contributed by atoms with Crippen molar-refractivity contribution < 1.29 is 9.90 Å². The molecule has 1 atom stereocenters. The first-order chi connectivity index (χ1) is 11.3. The third-order valence-corrected chi connectivity index (χ3v) is 4.09. The fourth-order valence-electron chi connectivity index (χ4n) is 2.66. The van der Waals surface area contributed by atoms with Crippen molar-refractivity contribution in [1.29, 1.82) is 0 Å². The van der Waals surface area contributed by atoms with Gasteiger partial charge in [-0.25, -0.2) is 4.68 Å². The van der Waals surface area contributed by atoms with Gasteiger partial charge in [-0.1, -0.05) is 31.5 Å². The average Bonchev–Trinajstić information content (AvgIpc) is 2.97. The Morgan fingerprint density at radius 3 is 2.42 bits per heavy atom. The first kappa shape index (κ1) is 18.2. The molecule has 2 rings (SSSR count). The molecule has 0 aliphatic rings. The molecule has 1 unspecified atom stereocenters. The van der Waals surface area contributed by atoms with Gasteiger partial charge in [0.15, 0.2) is 0 Å². The molecule has 5 nitrogen and oxygen atoms in total. The zero-order valence-electron chi connectivity index (χ0n) is 15.2. The van der Waals surface area contributed by atoms with E-state index in [1.165, 1.54) is 5.56 Å². The van der Waals surface area contributed by atoms with E-state index in [9.17, 15) is 9.90 Å². The summed E-state index contributed by atoms with van der Waals surface area (Å²) < 4.78 is 1.85. The molecule has 130 valence electrons. The summed E-state index contributed by atoms with van der Waals surface area (Å²) in [5.74, 6) is 0.107. The minimum atomic E-state index is -0.417. The maximum Gasteiger partial charge on any atom is 0.257 e. The second-order valence-corrected chi connectivity index (χ2v) is 6.71. The monoisotopic (exact) mass is 329 g/mol. The lowest BCUT2D eigenvalue weighted by atomic mass is 10.0. The first-order valence-electron chi connectivity index (χ1n) is 8.39. The van der Waals surface area contributed by atoms with E-state index >= 15 is 0 Å². The largest absolute Gasteiger partial charge is 0.393 e. The van der Waals surface area contributed by atoms with Crippen LogP contribution in [0.1, 0.15) is 54.7 Å². The molecule has 1 aromatic carbocycles. The maximum atomic E-state index is 12.8. The van der Waals surface area contributed by atoms with Crippen LogP contribution in [0.15, 0.2) is 30.5 Å². The first-order valence-corrected chi connectivity index (χ1v) is 8.39. The molecule has 1 aromatic heterocycles. The molecule has 1 heterocycles. The Hall–Kier alpha value is -2.14. The van der Waals surface area contributed by atoms with Crippen molar-refractivity contribution in [2.75, 3.05) is 13.6 Å². The van der Waals surface area contributed by atoms with Crippen LogP contribution in [0.5, 0.6) is 0 Å². The smallest absolute Gasteiger partial charge is 0.257 e. The molecule has 0 radical (unpaired) electrons. The van der Waals surface area contributed by atoms with Crippen LogP contribution in [0.3, 0.4) is 0 Å². The molecule has 0 bridgehead atoms. The number of aliphatic hydroxyl groups excluding tert-OH is 1. The summed E-state index contributed by atoms with van der Waals surface area (Å²) in [6, 6.07) is 8.11. The maximum absolute atomic E-state index is 12.8. The van der Waals surface area contributed by atoms with Crippen LogP contribution in [0.4, 0.5) is 0 Å². The number of hydrogen-bond acceptors (Lipinski definition) is 3. The molecule has 1 amide bonds. The second-order valence-electron chi connectivity index (χ2n) is 6.71. The van der Waals surface area contributed by atoms with Crippen molar-refractivity contribution in [2.24, 2.45) is 0 Å². The van der Waals surface area contributed by atoms with Crippen molar-refractivity contribution in [1.82, 2.24) is 14.7 Å². The Balaban J connectivity index is 2.34. The van der Waals surface area contributed by atoms with Crippen LogP contribution in [0, 0.1) is 6.92 Å². The molecular weight excluding hydrogens is 302 g/mol. The molecule has 0 saturated carbocycles. The number of aromatic nitrogens is 2. The highest BCUT2D eigenvalue weighted by Crippen LogP contribution is 2.24. The van der Waals surface area contributed by atoms with E-state index in [-0.39, 0.29) is 11.8 Å². The molecule has 5 heteroatoms. The lowest BCUT2D eigenvalue weighted by Gasteiger charge is -2.19. The van der Waals surface area contributed by atoms with Crippen LogP contribution in [-0.4, -0.2) is 45.4 Å². The van der Waals surface area contributed by atoms with E-state index in [0.29, 0.717) is 18.5 Å². The van der Waals surface area contributed by atoms with E-state index in [0.717, 1.165) is 11.4 Å². The highest BCUT2D eigenvalue weighted by molar-refractivity contribution is 5.95. The third kappa shape index (κ3) is 4.03. The average molecular weight is 329 g/mol. The Kier molecular flexibility index (Phi) is 5.78. The molecule has 0 aliphatic carbocycles. The number of benzene rings is 1. The summed E-state index contributed by atoms with van der Waals surface area (Å²) in [7, 11) is 1.76. The van der Waals surface area contributed by atoms with Gasteiger partial charge < -0.3 is 10.0 Å². The normalized spacial score (nSPS) is 12.5. The summed E-state index contributed by atoms with van der Waals surface area (Å²) in [4.78, 5) is 14.4. The van der Waals surface area contributed by atoms with Gasteiger partial charge in [-0.05, 0) is 38.3 Å². The van der Waals surface area contributed by atoms with Crippen LogP contribution in [0.2, 0.25) is 0 Å². The molecule has 2 aromatic rings. The van der Waals surface area contributed by atoms with Gasteiger partial charge in [0.05, 0.1) is 29.2 Å². The van der Waals surface area contributed by atoms with Gasteiger partial charge in [0.25, 0.3) is 5.91 Å². The highest BCUT2D eigenvalue weighted by atomic mass is 16.3. The van der Waals surface area contributed by atoms with Crippen LogP contribution in [0.25, 0.3) is 5.69 Å². The summed E-state index contributed by atoms with van der Waals surface area (Å²) in [5.41, 5.74) is 3.67. The number of nitrogens with zero attached hydrogens (tertiary/aromatic N) is 3. The summed E-state index contributed by atoms with van der Waals surface area (Å²) in [5, 5.41) is 13.9. The van der Waals surface area contributed by atoms with Crippen molar-refractivity contribution in [3.63, 3.8) is 0 Å². The Morgan fingerprint density at radius 1 is 1.25 bits per heavy atom. The van der Waals surface area contributed by atoms with Crippen LogP contribution >= 0.6 is 0 Å². The van der Waals surface area contributed by atoms with Crippen molar-refractivity contribution in [3.05, 3.63) is 47.3 Å². The predicted molar refractivity (Wildman–Crippen MR) is 95.6 cm³/mol. The topological polar surface area (TPSA) is 58.4 Å². The zero-order valence-corrected chi connectivity index (χ0v) is 15.2. The second kappa shape index (κ2) is 7.62.